The van der Waals surface area contributed by atoms with Crippen molar-refractivity contribution in [3.05, 3.63) is 0 Å². The number of carbonyl (C=O) groups is 1. The molecule has 4 nitrogen and oxygen atoms in total. The van der Waals surface area contributed by atoms with E-state index in [1.807, 2.05) is 21.0 Å². The summed E-state index contributed by atoms with van der Waals surface area (Å²) in [6.07, 6.45) is 1.03. The van der Waals surface area contributed by atoms with Crippen molar-refractivity contribution in [1.82, 2.24) is 10.2 Å². The third-order valence-electron chi connectivity index (χ3n) is 2.70. The summed E-state index contributed by atoms with van der Waals surface area (Å²) in [5.74, 6) is -1.08. The van der Waals surface area contributed by atoms with Crippen LogP contribution in [0.5, 0.6) is 0 Å². The molecule has 0 rings (SSSR count). The first kappa shape index (κ1) is 14.4. The molecule has 0 fully saturated rings. The van der Waals surface area contributed by atoms with E-state index in [9.17, 15) is 4.79 Å². The highest BCUT2D eigenvalue weighted by molar-refractivity contribution is 5.70. The van der Waals surface area contributed by atoms with Gasteiger partial charge in [0, 0.05) is 12.1 Å². The monoisotopic (exact) mass is 216 g/mol. The Bertz CT molecular complexity index is 195. The fourth-order valence-electron chi connectivity index (χ4n) is 1.34. The predicted molar refractivity (Wildman–Crippen MR) is 62.0 cm³/mol. The van der Waals surface area contributed by atoms with Gasteiger partial charge >= 0.3 is 5.97 Å². The molecule has 0 aliphatic heterocycles. The van der Waals surface area contributed by atoms with E-state index < -0.39 is 5.97 Å². The van der Waals surface area contributed by atoms with Crippen LogP contribution in [0.4, 0.5) is 0 Å². The molecule has 0 aliphatic rings. The van der Waals surface area contributed by atoms with Crippen molar-refractivity contribution in [1.29, 1.82) is 0 Å². The predicted octanol–water partition coefficient (Wildman–Crippen LogP) is 1.03. The molecule has 0 aromatic carbocycles. The van der Waals surface area contributed by atoms with Crippen LogP contribution < -0.4 is 5.32 Å². The van der Waals surface area contributed by atoms with Gasteiger partial charge in [0.05, 0.1) is 5.92 Å². The largest absolute Gasteiger partial charge is 0.481 e. The molecule has 2 N–H and O–H groups in total. The summed E-state index contributed by atoms with van der Waals surface area (Å²) >= 11 is 0. The van der Waals surface area contributed by atoms with Crippen LogP contribution in [0, 0.1) is 5.92 Å². The van der Waals surface area contributed by atoms with Gasteiger partial charge in [-0.2, -0.15) is 0 Å². The zero-order chi connectivity index (χ0) is 12.0. The van der Waals surface area contributed by atoms with Crippen LogP contribution in [-0.2, 0) is 4.79 Å². The van der Waals surface area contributed by atoms with Gasteiger partial charge in [-0.25, -0.2) is 0 Å². The van der Waals surface area contributed by atoms with Gasteiger partial charge in [-0.05, 0) is 40.9 Å². The first-order chi connectivity index (χ1) is 6.84. The van der Waals surface area contributed by atoms with Crippen LogP contribution in [0.15, 0.2) is 0 Å². The lowest BCUT2D eigenvalue weighted by molar-refractivity contribution is -0.142. The Labute approximate surface area is 92.7 Å². The van der Waals surface area contributed by atoms with E-state index in [1.165, 1.54) is 0 Å². The molecule has 0 heterocycles. The number of rotatable bonds is 7. The van der Waals surface area contributed by atoms with Gasteiger partial charge in [0.15, 0.2) is 0 Å². The fraction of sp³-hybridized carbons (Fsp3) is 0.909. The van der Waals surface area contributed by atoms with Gasteiger partial charge in [0.2, 0.25) is 0 Å². The molecule has 3 unspecified atom stereocenters. The van der Waals surface area contributed by atoms with Crippen LogP contribution in [-0.4, -0.2) is 48.7 Å². The number of nitrogens with zero attached hydrogens (tertiary/aromatic N) is 1. The molecule has 0 saturated carbocycles. The van der Waals surface area contributed by atoms with Crippen LogP contribution >= 0.6 is 0 Å². The van der Waals surface area contributed by atoms with Gasteiger partial charge in [-0.15, -0.1) is 0 Å². The Balaban J connectivity index is 3.85. The molecule has 3 atom stereocenters. The van der Waals surface area contributed by atoms with Crippen molar-refractivity contribution in [3.63, 3.8) is 0 Å². The van der Waals surface area contributed by atoms with Gasteiger partial charge in [0.25, 0.3) is 0 Å². The standard InChI is InChI=1S/C11H24N2O2/c1-8(6-7-13(4)5)12-10(3)9(2)11(14)15/h8-10,12H,6-7H2,1-5H3,(H,14,15). The van der Waals surface area contributed by atoms with Crippen LogP contribution in [0.3, 0.4) is 0 Å². The Kier molecular flexibility index (Phi) is 6.52. The minimum atomic E-state index is -0.741. The summed E-state index contributed by atoms with van der Waals surface area (Å²) in [7, 11) is 4.08. The number of aliphatic carboxylic acids is 1. The molecule has 15 heavy (non-hydrogen) atoms. The molecular formula is C11H24N2O2. The molecule has 0 amide bonds. The SMILES string of the molecule is CC(CCN(C)C)NC(C)C(C)C(=O)O. The molecule has 4 heteroatoms. The van der Waals surface area contributed by atoms with Crippen molar-refractivity contribution in [2.45, 2.75) is 39.3 Å². The Hall–Kier alpha value is -0.610. The summed E-state index contributed by atoms with van der Waals surface area (Å²) in [5.41, 5.74) is 0. The van der Waals surface area contributed by atoms with E-state index >= 15 is 0 Å². The zero-order valence-electron chi connectivity index (χ0n) is 10.4. The van der Waals surface area contributed by atoms with E-state index in [1.54, 1.807) is 6.92 Å². The van der Waals surface area contributed by atoms with E-state index in [0.717, 1.165) is 13.0 Å². The Morgan fingerprint density at radius 2 is 1.87 bits per heavy atom. The number of hydrogen-bond donors (Lipinski definition) is 2. The van der Waals surface area contributed by atoms with Gasteiger partial charge in [0.1, 0.15) is 0 Å². The van der Waals surface area contributed by atoms with Crippen molar-refractivity contribution in [2.75, 3.05) is 20.6 Å². The second-order valence-electron chi connectivity index (χ2n) is 4.58. The van der Waals surface area contributed by atoms with Crippen LogP contribution in [0.2, 0.25) is 0 Å². The topological polar surface area (TPSA) is 52.6 Å². The number of nitrogens with one attached hydrogen (secondary N) is 1. The fourth-order valence-corrected chi connectivity index (χ4v) is 1.34. The van der Waals surface area contributed by atoms with Crippen molar-refractivity contribution in [3.8, 4) is 0 Å². The Morgan fingerprint density at radius 3 is 2.27 bits per heavy atom. The third-order valence-corrected chi connectivity index (χ3v) is 2.70. The van der Waals surface area contributed by atoms with Crippen LogP contribution in [0.1, 0.15) is 27.2 Å². The summed E-state index contributed by atoms with van der Waals surface area (Å²) in [4.78, 5) is 12.9. The molecule has 0 aliphatic carbocycles. The molecular weight excluding hydrogens is 192 g/mol. The second-order valence-corrected chi connectivity index (χ2v) is 4.58. The quantitative estimate of drug-likeness (QED) is 0.667. The second kappa shape index (κ2) is 6.80. The highest BCUT2D eigenvalue weighted by Crippen LogP contribution is 2.04. The zero-order valence-corrected chi connectivity index (χ0v) is 10.4. The Morgan fingerprint density at radius 1 is 1.33 bits per heavy atom. The molecule has 0 saturated heterocycles. The number of carboxylic acid groups (broad SMARTS) is 1. The number of carboxylic acids is 1. The number of hydrogen-bond acceptors (Lipinski definition) is 3. The van der Waals surface area contributed by atoms with Crippen LogP contribution in [0.25, 0.3) is 0 Å². The highest BCUT2D eigenvalue weighted by atomic mass is 16.4. The summed E-state index contributed by atoms with van der Waals surface area (Å²) in [6, 6.07) is 0.365. The first-order valence-electron chi connectivity index (χ1n) is 5.48. The molecule has 0 radical (unpaired) electrons. The average Bonchev–Trinajstić information content (AvgIpc) is 2.13. The molecule has 0 bridgehead atoms. The minimum Gasteiger partial charge on any atom is -0.481 e. The maximum absolute atomic E-state index is 10.7. The summed E-state index contributed by atoms with van der Waals surface area (Å²) < 4.78 is 0. The first-order valence-corrected chi connectivity index (χ1v) is 5.48. The highest BCUT2D eigenvalue weighted by Gasteiger charge is 2.20. The maximum Gasteiger partial charge on any atom is 0.307 e. The third kappa shape index (κ3) is 6.47. The van der Waals surface area contributed by atoms with Crippen molar-refractivity contribution < 1.29 is 9.90 Å². The molecule has 0 aromatic heterocycles. The van der Waals surface area contributed by atoms with Crippen molar-refractivity contribution >= 4 is 5.97 Å². The molecule has 0 aromatic rings. The summed E-state index contributed by atoms with van der Waals surface area (Å²) in [6.45, 7) is 6.76. The average molecular weight is 216 g/mol. The maximum atomic E-state index is 10.7. The van der Waals surface area contributed by atoms with E-state index in [2.05, 4.69) is 17.1 Å². The van der Waals surface area contributed by atoms with E-state index in [0.29, 0.717) is 6.04 Å². The molecule has 0 spiro atoms. The normalized spacial score (nSPS) is 17.5. The van der Waals surface area contributed by atoms with Gasteiger partial charge in [-0.1, -0.05) is 6.92 Å². The summed E-state index contributed by atoms with van der Waals surface area (Å²) in [5, 5.41) is 12.1. The molecule has 90 valence electrons. The van der Waals surface area contributed by atoms with E-state index in [-0.39, 0.29) is 12.0 Å². The van der Waals surface area contributed by atoms with Gasteiger partial charge in [-0.3, -0.25) is 4.79 Å². The lowest BCUT2D eigenvalue weighted by Crippen LogP contribution is -2.42. The van der Waals surface area contributed by atoms with Gasteiger partial charge < -0.3 is 15.3 Å². The smallest absolute Gasteiger partial charge is 0.307 e. The minimum absolute atomic E-state index is 0.0136. The lowest BCUT2D eigenvalue weighted by Gasteiger charge is -2.23. The lowest BCUT2D eigenvalue weighted by atomic mass is 10.0. The van der Waals surface area contributed by atoms with Crippen molar-refractivity contribution in [2.24, 2.45) is 5.92 Å². The van der Waals surface area contributed by atoms with E-state index in [4.69, 9.17) is 5.11 Å².